The van der Waals surface area contributed by atoms with Crippen LogP contribution in [0.5, 0.6) is 11.5 Å². The first kappa shape index (κ1) is 22.2. The van der Waals surface area contributed by atoms with E-state index in [0.29, 0.717) is 19.1 Å². The minimum Gasteiger partial charge on any atom is -0.454 e. The molecule has 5 heteroatoms. The van der Waals surface area contributed by atoms with Crippen molar-refractivity contribution in [1.29, 1.82) is 0 Å². The van der Waals surface area contributed by atoms with E-state index in [4.69, 9.17) is 14.2 Å². The highest BCUT2D eigenvalue weighted by Crippen LogP contribution is 2.45. The van der Waals surface area contributed by atoms with Crippen molar-refractivity contribution in [2.75, 3.05) is 19.9 Å². The molecule has 1 unspecified atom stereocenters. The molecule has 2 aliphatic rings. The SMILES string of the molecule is CC(C)(Cc1ccc2ccccc2c1)NC[C@@H](O)COC(c1ccc2c(c1)OCO2)C1CC1. The van der Waals surface area contributed by atoms with E-state index < -0.39 is 6.10 Å². The molecule has 0 amide bonds. The Morgan fingerprint density at radius 3 is 2.61 bits per heavy atom. The van der Waals surface area contributed by atoms with Crippen LogP contribution in [0.4, 0.5) is 0 Å². The molecule has 0 aromatic heterocycles. The van der Waals surface area contributed by atoms with Crippen LogP contribution in [0.2, 0.25) is 0 Å². The molecule has 1 fully saturated rings. The van der Waals surface area contributed by atoms with E-state index in [2.05, 4.69) is 61.6 Å². The number of aliphatic hydroxyl groups excluding tert-OH is 1. The summed E-state index contributed by atoms with van der Waals surface area (Å²) in [5.41, 5.74) is 2.24. The summed E-state index contributed by atoms with van der Waals surface area (Å²) >= 11 is 0. The zero-order valence-electron chi connectivity index (χ0n) is 19.4. The van der Waals surface area contributed by atoms with Gasteiger partial charge in [-0.3, -0.25) is 0 Å². The van der Waals surface area contributed by atoms with Gasteiger partial charge in [0.15, 0.2) is 11.5 Å². The third-order valence-electron chi connectivity index (χ3n) is 6.52. The largest absolute Gasteiger partial charge is 0.454 e. The number of β-amino-alcohol motifs (C(OH)–C–C–N with tert-alkyl or cyclic N) is 1. The lowest BCUT2D eigenvalue weighted by atomic mass is 9.93. The monoisotopic (exact) mass is 447 g/mol. The average molecular weight is 448 g/mol. The van der Waals surface area contributed by atoms with Gasteiger partial charge in [0, 0.05) is 12.1 Å². The molecule has 0 spiro atoms. The van der Waals surface area contributed by atoms with Crippen molar-refractivity contribution in [1.82, 2.24) is 5.32 Å². The van der Waals surface area contributed by atoms with Crippen molar-refractivity contribution in [3.05, 3.63) is 71.8 Å². The van der Waals surface area contributed by atoms with Gasteiger partial charge in [-0.15, -0.1) is 0 Å². The summed E-state index contributed by atoms with van der Waals surface area (Å²) in [5, 5.41) is 16.7. The number of hydrogen-bond donors (Lipinski definition) is 2. The van der Waals surface area contributed by atoms with Crippen LogP contribution in [0, 0.1) is 5.92 Å². The van der Waals surface area contributed by atoms with E-state index >= 15 is 0 Å². The maximum absolute atomic E-state index is 10.6. The maximum atomic E-state index is 10.6. The van der Waals surface area contributed by atoms with Gasteiger partial charge in [0.25, 0.3) is 0 Å². The summed E-state index contributed by atoms with van der Waals surface area (Å²) in [5.74, 6) is 2.07. The third kappa shape index (κ3) is 5.49. The molecule has 3 aromatic carbocycles. The fourth-order valence-electron chi connectivity index (χ4n) is 4.58. The van der Waals surface area contributed by atoms with E-state index in [9.17, 15) is 5.11 Å². The zero-order chi connectivity index (χ0) is 22.8. The lowest BCUT2D eigenvalue weighted by Crippen LogP contribution is -2.46. The predicted molar refractivity (Wildman–Crippen MR) is 130 cm³/mol. The molecule has 33 heavy (non-hydrogen) atoms. The Balaban J connectivity index is 1.14. The van der Waals surface area contributed by atoms with Crippen molar-refractivity contribution in [3.8, 4) is 11.5 Å². The van der Waals surface area contributed by atoms with E-state index in [0.717, 1.165) is 36.3 Å². The first-order valence-electron chi connectivity index (χ1n) is 11.9. The first-order chi connectivity index (χ1) is 16.0. The van der Waals surface area contributed by atoms with Crippen molar-refractivity contribution >= 4 is 10.8 Å². The molecule has 1 aliphatic carbocycles. The van der Waals surface area contributed by atoms with E-state index in [-0.39, 0.29) is 18.4 Å². The van der Waals surface area contributed by atoms with E-state index in [1.807, 2.05) is 18.2 Å². The van der Waals surface area contributed by atoms with Crippen molar-refractivity contribution < 1.29 is 19.3 Å². The van der Waals surface area contributed by atoms with Gasteiger partial charge in [0.05, 0.1) is 18.8 Å². The number of nitrogens with one attached hydrogen (secondary N) is 1. The van der Waals surface area contributed by atoms with Gasteiger partial charge < -0.3 is 24.6 Å². The van der Waals surface area contributed by atoms with Crippen molar-refractivity contribution in [2.45, 2.75) is 50.9 Å². The summed E-state index contributed by atoms with van der Waals surface area (Å²) in [6.07, 6.45) is 2.61. The van der Waals surface area contributed by atoms with Crippen LogP contribution in [-0.2, 0) is 11.2 Å². The number of rotatable bonds is 10. The van der Waals surface area contributed by atoms with E-state index in [1.165, 1.54) is 16.3 Å². The Bertz CT molecular complexity index is 1110. The van der Waals surface area contributed by atoms with Crippen LogP contribution in [0.25, 0.3) is 10.8 Å². The number of ether oxygens (including phenoxy) is 3. The topological polar surface area (TPSA) is 60.0 Å². The smallest absolute Gasteiger partial charge is 0.231 e. The summed E-state index contributed by atoms with van der Waals surface area (Å²) in [4.78, 5) is 0. The molecule has 0 radical (unpaired) electrons. The second-order valence-electron chi connectivity index (χ2n) is 9.98. The van der Waals surface area contributed by atoms with Gasteiger partial charge in [-0.25, -0.2) is 0 Å². The Kier molecular flexibility index (Phi) is 6.28. The van der Waals surface area contributed by atoms with Gasteiger partial charge in [0.2, 0.25) is 6.79 Å². The van der Waals surface area contributed by atoms with Crippen LogP contribution >= 0.6 is 0 Å². The van der Waals surface area contributed by atoms with Gasteiger partial charge in [-0.2, -0.15) is 0 Å². The normalized spacial score (nSPS) is 17.3. The molecular formula is C28H33NO4. The standard InChI is InChI=1S/C28H33NO4/c1-28(2,15-19-7-8-20-5-3-4-6-22(20)13-19)29-16-24(30)17-31-27(21-9-10-21)23-11-12-25-26(14-23)33-18-32-25/h3-8,11-14,21,24,27,29-30H,9-10,15-18H2,1-2H3/t24-,27?/m1/s1. The highest BCUT2D eigenvalue weighted by molar-refractivity contribution is 5.83. The molecule has 0 saturated heterocycles. The number of hydrogen-bond acceptors (Lipinski definition) is 5. The quantitative estimate of drug-likeness (QED) is 0.458. The van der Waals surface area contributed by atoms with Crippen LogP contribution in [0.1, 0.15) is 43.9 Å². The van der Waals surface area contributed by atoms with Gasteiger partial charge in [-0.05, 0) is 73.1 Å². The molecule has 1 aliphatic heterocycles. The molecule has 0 bridgehead atoms. The van der Waals surface area contributed by atoms with Crippen molar-refractivity contribution in [2.24, 2.45) is 5.92 Å². The molecule has 2 atom stereocenters. The van der Waals surface area contributed by atoms with E-state index in [1.54, 1.807) is 0 Å². The maximum Gasteiger partial charge on any atom is 0.231 e. The van der Waals surface area contributed by atoms with Gasteiger partial charge >= 0.3 is 0 Å². The molecular weight excluding hydrogens is 414 g/mol. The van der Waals surface area contributed by atoms with Gasteiger partial charge in [0.1, 0.15) is 0 Å². The Morgan fingerprint density at radius 1 is 1.00 bits per heavy atom. The Morgan fingerprint density at radius 2 is 1.79 bits per heavy atom. The van der Waals surface area contributed by atoms with Crippen LogP contribution in [-0.4, -0.2) is 36.7 Å². The highest BCUT2D eigenvalue weighted by Gasteiger charge is 2.34. The Hall–Kier alpha value is -2.60. The van der Waals surface area contributed by atoms with Crippen LogP contribution in [0.3, 0.4) is 0 Å². The van der Waals surface area contributed by atoms with Crippen molar-refractivity contribution in [3.63, 3.8) is 0 Å². The minimum atomic E-state index is -0.573. The summed E-state index contributed by atoms with van der Waals surface area (Å²) in [6.45, 7) is 5.41. The Labute approximate surface area is 195 Å². The average Bonchev–Trinajstić information content (AvgIpc) is 3.53. The van der Waals surface area contributed by atoms with Gasteiger partial charge in [-0.1, -0.05) is 48.5 Å². The predicted octanol–water partition coefficient (Wildman–Crippen LogP) is 5.01. The fraction of sp³-hybridized carbons (Fsp3) is 0.429. The molecule has 174 valence electrons. The second kappa shape index (κ2) is 9.34. The second-order valence-corrected chi connectivity index (χ2v) is 9.98. The zero-order valence-corrected chi connectivity index (χ0v) is 19.4. The number of aliphatic hydroxyl groups is 1. The summed E-state index contributed by atoms with van der Waals surface area (Å²) in [6, 6.07) is 21.1. The lowest BCUT2D eigenvalue weighted by Gasteiger charge is -2.29. The van der Waals surface area contributed by atoms with Crippen LogP contribution < -0.4 is 14.8 Å². The highest BCUT2D eigenvalue weighted by atomic mass is 16.7. The summed E-state index contributed by atoms with van der Waals surface area (Å²) < 4.78 is 17.2. The molecule has 1 saturated carbocycles. The van der Waals surface area contributed by atoms with Crippen LogP contribution in [0.15, 0.2) is 60.7 Å². The third-order valence-corrected chi connectivity index (χ3v) is 6.52. The minimum absolute atomic E-state index is 0.0141. The number of benzene rings is 3. The number of fused-ring (bicyclic) bond motifs is 2. The molecule has 5 nitrogen and oxygen atoms in total. The summed E-state index contributed by atoms with van der Waals surface area (Å²) in [7, 11) is 0. The molecule has 2 N–H and O–H groups in total. The molecule has 5 rings (SSSR count). The first-order valence-corrected chi connectivity index (χ1v) is 11.9. The lowest BCUT2D eigenvalue weighted by molar-refractivity contribution is -0.0212. The molecule has 3 aromatic rings. The molecule has 1 heterocycles. The fourth-order valence-corrected chi connectivity index (χ4v) is 4.58.